The van der Waals surface area contributed by atoms with Crippen molar-refractivity contribution >= 4 is 34.1 Å². The topological polar surface area (TPSA) is 22.1 Å². The third-order valence-corrected chi connectivity index (χ3v) is 7.15. The molecule has 0 aliphatic rings. The van der Waals surface area contributed by atoms with Crippen molar-refractivity contribution in [1.29, 1.82) is 0 Å². The molecule has 1 aromatic heterocycles. The van der Waals surface area contributed by atoms with Crippen molar-refractivity contribution < 1.29 is 13.5 Å². The van der Waals surface area contributed by atoms with Gasteiger partial charge in [-0.1, -0.05) is 54.1 Å². The summed E-state index contributed by atoms with van der Waals surface area (Å²) >= 11 is 8.07. The summed E-state index contributed by atoms with van der Waals surface area (Å²) in [5.41, 5.74) is 3.60. The Balaban J connectivity index is 1.56. The average molecular weight is 504 g/mol. The zero-order valence-corrected chi connectivity index (χ0v) is 20.3. The second-order valence-corrected chi connectivity index (χ2v) is 9.40. The van der Waals surface area contributed by atoms with Crippen LogP contribution in [0.5, 0.6) is 5.75 Å². The first-order valence-electron chi connectivity index (χ1n) is 10.9. The molecule has 0 fully saturated rings. The SMILES string of the molecule is COc1cc(-c2cccc(F)c2)c(Cl)cc1-c1nccc2cc(SCc3ccccc3)c(F)cc12. The lowest BCUT2D eigenvalue weighted by atomic mass is 9.98. The van der Waals surface area contributed by atoms with E-state index in [4.69, 9.17) is 16.3 Å². The summed E-state index contributed by atoms with van der Waals surface area (Å²) in [6, 6.07) is 24.9. The second-order valence-electron chi connectivity index (χ2n) is 7.98. The monoisotopic (exact) mass is 503 g/mol. The van der Waals surface area contributed by atoms with Crippen LogP contribution in [0.4, 0.5) is 8.78 Å². The van der Waals surface area contributed by atoms with Crippen molar-refractivity contribution in [3.63, 3.8) is 0 Å². The van der Waals surface area contributed by atoms with E-state index in [9.17, 15) is 4.39 Å². The molecule has 0 radical (unpaired) electrons. The van der Waals surface area contributed by atoms with E-state index in [-0.39, 0.29) is 11.6 Å². The fourth-order valence-electron chi connectivity index (χ4n) is 4.02. The molecule has 0 bridgehead atoms. The Morgan fingerprint density at radius 1 is 0.886 bits per heavy atom. The molecule has 0 atom stereocenters. The first kappa shape index (κ1) is 23.3. The van der Waals surface area contributed by atoms with Gasteiger partial charge in [-0.05, 0) is 59.0 Å². The standard InChI is InChI=1S/C29H20ClF2NOS/c1-34-27-16-22(19-8-5-9-21(31)12-19)25(30)14-24(27)29-23-15-26(32)28(13-20(23)10-11-33-29)35-17-18-6-3-2-4-7-18/h2-16H,17H2,1H3. The third-order valence-electron chi connectivity index (χ3n) is 5.73. The number of ether oxygens (including phenoxy) is 1. The highest BCUT2D eigenvalue weighted by Gasteiger charge is 2.17. The summed E-state index contributed by atoms with van der Waals surface area (Å²) in [6.45, 7) is 0. The van der Waals surface area contributed by atoms with Gasteiger partial charge in [0.25, 0.3) is 0 Å². The fourth-order valence-corrected chi connectivity index (χ4v) is 5.21. The number of fused-ring (bicyclic) bond motifs is 1. The number of nitrogens with zero attached hydrogens (tertiary/aromatic N) is 1. The number of pyridine rings is 1. The third kappa shape index (κ3) is 4.88. The second kappa shape index (κ2) is 10.1. The molecule has 0 N–H and O–H groups in total. The van der Waals surface area contributed by atoms with Gasteiger partial charge in [0.15, 0.2) is 0 Å². The minimum Gasteiger partial charge on any atom is -0.496 e. The van der Waals surface area contributed by atoms with Crippen molar-refractivity contribution in [3.05, 3.63) is 113 Å². The lowest BCUT2D eigenvalue weighted by Gasteiger charge is -2.15. The normalized spacial score (nSPS) is 11.1. The van der Waals surface area contributed by atoms with Crippen LogP contribution in [0.25, 0.3) is 33.2 Å². The van der Waals surface area contributed by atoms with Crippen molar-refractivity contribution in [2.75, 3.05) is 7.11 Å². The number of methoxy groups -OCH3 is 1. The molecule has 6 heteroatoms. The fraction of sp³-hybridized carbons (Fsp3) is 0.0690. The summed E-state index contributed by atoms with van der Waals surface area (Å²) in [4.78, 5) is 5.11. The maximum atomic E-state index is 15.2. The number of thioether (sulfide) groups is 1. The van der Waals surface area contributed by atoms with Crippen LogP contribution in [0.1, 0.15) is 5.56 Å². The molecule has 174 valence electrons. The van der Waals surface area contributed by atoms with Crippen LogP contribution < -0.4 is 4.74 Å². The van der Waals surface area contributed by atoms with Crippen molar-refractivity contribution in [2.45, 2.75) is 10.6 Å². The number of halogens is 3. The zero-order chi connectivity index (χ0) is 24.4. The van der Waals surface area contributed by atoms with Crippen LogP contribution in [-0.2, 0) is 5.75 Å². The van der Waals surface area contributed by atoms with Crippen LogP contribution in [0.15, 0.2) is 96.0 Å². The smallest absolute Gasteiger partial charge is 0.137 e. The molecule has 5 rings (SSSR count). The van der Waals surface area contributed by atoms with E-state index in [1.165, 1.54) is 30.0 Å². The molecule has 0 amide bonds. The zero-order valence-electron chi connectivity index (χ0n) is 18.8. The number of benzene rings is 4. The van der Waals surface area contributed by atoms with Crippen molar-refractivity contribution in [2.24, 2.45) is 0 Å². The molecule has 0 aliphatic carbocycles. The minimum absolute atomic E-state index is 0.311. The Bertz CT molecular complexity index is 1520. The Kier molecular flexibility index (Phi) is 6.71. The molecular formula is C29H20ClF2NOS. The van der Waals surface area contributed by atoms with E-state index in [1.807, 2.05) is 42.5 Å². The summed E-state index contributed by atoms with van der Waals surface area (Å²) in [7, 11) is 1.55. The molecule has 0 spiro atoms. The highest BCUT2D eigenvalue weighted by molar-refractivity contribution is 7.98. The van der Waals surface area contributed by atoms with Crippen molar-refractivity contribution in [1.82, 2.24) is 4.98 Å². The first-order chi connectivity index (χ1) is 17.0. The number of rotatable bonds is 6. The van der Waals surface area contributed by atoms with Crippen LogP contribution >= 0.6 is 23.4 Å². The summed E-state index contributed by atoms with van der Waals surface area (Å²) in [6.07, 6.45) is 1.69. The number of hydrogen-bond acceptors (Lipinski definition) is 3. The Labute approximate surface area is 211 Å². The Morgan fingerprint density at radius 2 is 1.71 bits per heavy atom. The number of hydrogen-bond donors (Lipinski definition) is 0. The Hall–Kier alpha value is -3.41. The summed E-state index contributed by atoms with van der Waals surface area (Å²) < 4.78 is 34.6. The summed E-state index contributed by atoms with van der Waals surface area (Å²) in [5, 5.41) is 1.93. The lowest BCUT2D eigenvalue weighted by molar-refractivity contribution is 0.416. The highest BCUT2D eigenvalue weighted by atomic mass is 35.5. The van der Waals surface area contributed by atoms with Gasteiger partial charge in [-0.15, -0.1) is 11.8 Å². The van der Waals surface area contributed by atoms with Gasteiger partial charge in [-0.2, -0.15) is 0 Å². The molecular weight excluding hydrogens is 484 g/mol. The molecule has 35 heavy (non-hydrogen) atoms. The van der Waals surface area contributed by atoms with E-state index in [0.29, 0.717) is 49.2 Å². The van der Waals surface area contributed by atoms with Gasteiger partial charge in [0.2, 0.25) is 0 Å². The van der Waals surface area contributed by atoms with E-state index in [0.717, 1.165) is 10.9 Å². The predicted molar refractivity (Wildman–Crippen MR) is 140 cm³/mol. The largest absolute Gasteiger partial charge is 0.496 e. The van der Waals surface area contributed by atoms with Gasteiger partial charge in [0, 0.05) is 38.4 Å². The average Bonchev–Trinajstić information content (AvgIpc) is 2.87. The molecule has 0 unspecified atom stereocenters. The molecule has 0 saturated heterocycles. The Morgan fingerprint density at radius 3 is 2.49 bits per heavy atom. The van der Waals surface area contributed by atoms with Gasteiger partial charge in [0.1, 0.15) is 17.4 Å². The van der Waals surface area contributed by atoms with E-state index < -0.39 is 0 Å². The van der Waals surface area contributed by atoms with Crippen LogP contribution in [0.3, 0.4) is 0 Å². The predicted octanol–water partition coefficient (Wildman–Crippen LogP) is 8.80. The first-order valence-corrected chi connectivity index (χ1v) is 12.3. The quantitative estimate of drug-likeness (QED) is 0.216. The van der Waals surface area contributed by atoms with Gasteiger partial charge >= 0.3 is 0 Å². The molecule has 1 heterocycles. The molecule has 5 aromatic rings. The maximum absolute atomic E-state index is 15.2. The molecule has 0 saturated carbocycles. The maximum Gasteiger partial charge on any atom is 0.137 e. The molecule has 2 nitrogen and oxygen atoms in total. The van der Waals surface area contributed by atoms with Crippen LogP contribution in [-0.4, -0.2) is 12.1 Å². The van der Waals surface area contributed by atoms with Crippen molar-refractivity contribution in [3.8, 4) is 28.1 Å². The lowest BCUT2D eigenvalue weighted by Crippen LogP contribution is -1.95. The van der Waals surface area contributed by atoms with Gasteiger partial charge in [0.05, 0.1) is 12.8 Å². The highest BCUT2D eigenvalue weighted by Crippen LogP contribution is 2.41. The van der Waals surface area contributed by atoms with Gasteiger partial charge in [-0.25, -0.2) is 8.78 Å². The molecule has 0 aliphatic heterocycles. The van der Waals surface area contributed by atoms with Gasteiger partial charge < -0.3 is 4.74 Å². The molecule has 4 aromatic carbocycles. The van der Waals surface area contributed by atoms with Gasteiger partial charge in [-0.3, -0.25) is 4.98 Å². The van der Waals surface area contributed by atoms with E-state index in [2.05, 4.69) is 4.98 Å². The summed E-state index contributed by atoms with van der Waals surface area (Å²) in [5.74, 6) is 0.520. The minimum atomic E-state index is -0.353. The van der Waals surface area contributed by atoms with E-state index >= 15 is 4.39 Å². The van der Waals surface area contributed by atoms with Crippen LogP contribution in [0.2, 0.25) is 5.02 Å². The van der Waals surface area contributed by atoms with Crippen LogP contribution in [0, 0.1) is 11.6 Å². The number of aromatic nitrogens is 1. The van der Waals surface area contributed by atoms with E-state index in [1.54, 1.807) is 37.6 Å².